The number of amides is 1. The van der Waals surface area contributed by atoms with Crippen LogP contribution in [0.3, 0.4) is 0 Å². The maximum Gasteiger partial charge on any atom is 0.338 e. The molecule has 156 valence electrons. The lowest BCUT2D eigenvalue weighted by Crippen LogP contribution is -2.30. The standard InChI is InChI=1S/C23H29NO5/c1-6-17-7-9-18(10-8-17)14-24(4)22(25)15-28-23(26)19-11-12-20(29-16(2)3)21(13-19)27-5/h7-13,16H,6,14-15H2,1-5H3. The second-order valence-electron chi connectivity index (χ2n) is 7.03. The van der Waals surface area contributed by atoms with Gasteiger partial charge in [-0.05, 0) is 49.6 Å². The van der Waals surface area contributed by atoms with Crippen molar-refractivity contribution in [2.24, 2.45) is 0 Å². The molecule has 6 heteroatoms. The minimum Gasteiger partial charge on any atom is -0.493 e. The number of hydrogen-bond acceptors (Lipinski definition) is 5. The lowest BCUT2D eigenvalue weighted by Gasteiger charge is -2.18. The largest absolute Gasteiger partial charge is 0.493 e. The van der Waals surface area contributed by atoms with Crippen molar-refractivity contribution in [3.05, 3.63) is 59.2 Å². The SMILES string of the molecule is CCc1ccc(CN(C)C(=O)COC(=O)c2ccc(OC(C)C)c(OC)c2)cc1. The normalized spacial score (nSPS) is 10.6. The molecular formula is C23H29NO5. The van der Waals surface area contributed by atoms with E-state index in [9.17, 15) is 9.59 Å². The molecule has 0 spiro atoms. The summed E-state index contributed by atoms with van der Waals surface area (Å²) in [4.78, 5) is 26.2. The summed E-state index contributed by atoms with van der Waals surface area (Å²) in [6, 6.07) is 12.9. The van der Waals surface area contributed by atoms with E-state index in [1.54, 1.807) is 25.2 Å². The Labute approximate surface area is 172 Å². The number of ether oxygens (including phenoxy) is 3. The number of esters is 1. The second-order valence-corrected chi connectivity index (χ2v) is 7.03. The maximum atomic E-state index is 12.3. The van der Waals surface area contributed by atoms with Crippen molar-refractivity contribution < 1.29 is 23.8 Å². The van der Waals surface area contributed by atoms with E-state index in [0.717, 1.165) is 12.0 Å². The maximum absolute atomic E-state index is 12.3. The van der Waals surface area contributed by atoms with E-state index in [1.807, 2.05) is 38.1 Å². The summed E-state index contributed by atoms with van der Waals surface area (Å²) in [6.07, 6.45) is 0.952. The molecule has 0 saturated heterocycles. The van der Waals surface area contributed by atoms with Crippen LogP contribution in [0, 0.1) is 0 Å². The molecule has 0 aromatic heterocycles. The molecule has 2 aromatic rings. The summed E-state index contributed by atoms with van der Waals surface area (Å²) in [5.41, 5.74) is 2.57. The summed E-state index contributed by atoms with van der Waals surface area (Å²) < 4.78 is 16.1. The first-order valence-corrected chi connectivity index (χ1v) is 9.67. The first-order valence-electron chi connectivity index (χ1n) is 9.67. The molecule has 0 bridgehead atoms. The molecule has 0 aliphatic rings. The number of methoxy groups -OCH3 is 1. The fourth-order valence-corrected chi connectivity index (χ4v) is 2.71. The van der Waals surface area contributed by atoms with Crippen molar-refractivity contribution in [2.75, 3.05) is 20.8 Å². The molecule has 6 nitrogen and oxygen atoms in total. The Hall–Kier alpha value is -3.02. The molecular weight excluding hydrogens is 370 g/mol. The van der Waals surface area contributed by atoms with E-state index < -0.39 is 5.97 Å². The number of nitrogens with zero attached hydrogens (tertiary/aromatic N) is 1. The van der Waals surface area contributed by atoms with Gasteiger partial charge in [-0.2, -0.15) is 0 Å². The molecule has 0 heterocycles. The summed E-state index contributed by atoms with van der Waals surface area (Å²) in [7, 11) is 3.19. The van der Waals surface area contributed by atoms with Gasteiger partial charge in [-0.25, -0.2) is 4.79 Å². The number of carbonyl (C=O) groups excluding carboxylic acids is 2. The molecule has 0 atom stereocenters. The summed E-state index contributed by atoms with van der Waals surface area (Å²) in [6.45, 7) is 6.04. The average Bonchev–Trinajstić information content (AvgIpc) is 2.72. The number of aryl methyl sites for hydroxylation is 1. The van der Waals surface area contributed by atoms with Gasteiger partial charge in [-0.3, -0.25) is 4.79 Å². The molecule has 2 rings (SSSR count). The third kappa shape index (κ3) is 6.52. The number of carbonyl (C=O) groups is 2. The van der Waals surface area contributed by atoms with E-state index in [0.29, 0.717) is 23.6 Å². The van der Waals surface area contributed by atoms with Gasteiger partial charge in [0.25, 0.3) is 5.91 Å². The molecule has 0 saturated carbocycles. The molecule has 0 aliphatic heterocycles. The number of hydrogen-bond donors (Lipinski definition) is 0. The predicted octanol–water partition coefficient (Wildman–Crippen LogP) is 3.86. The van der Waals surface area contributed by atoms with Crippen LogP contribution in [-0.4, -0.2) is 43.6 Å². The first kappa shape index (κ1) is 22.3. The Bertz CT molecular complexity index is 830. The second kappa shape index (κ2) is 10.5. The van der Waals surface area contributed by atoms with Crippen LogP contribution in [0.4, 0.5) is 0 Å². The van der Waals surface area contributed by atoms with E-state index >= 15 is 0 Å². The van der Waals surface area contributed by atoms with E-state index in [2.05, 4.69) is 6.92 Å². The zero-order chi connectivity index (χ0) is 21.4. The van der Waals surface area contributed by atoms with Crippen molar-refractivity contribution in [3.63, 3.8) is 0 Å². The molecule has 0 unspecified atom stereocenters. The minimum absolute atomic E-state index is 0.0203. The number of likely N-dealkylation sites (N-methyl/N-ethyl adjacent to an activating group) is 1. The van der Waals surface area contributed by atoms with Gasteiger partial charge >= 0.3 is 5.97 Å². The van der Waals surface area contributed by atoms with Crippen LogP contribution in [0.2, 0.25) is 0 Å². The highest BCUT2D eigenvalue weighted by Gasteiger charge is 2.16. The average molecular weight is 399 g/mol. The number of rotatable bonds is 9. The number of benzene rings is 2. The molecule has 29 heavy (non-hydrogen) atoms. The molecule has 0 N–H and O–H groups in total. The topological polar surface area (TPSA) is 65.1 Å². The Morgan fingerprint density at radius 3 is 2.24 bits per heavy atom. The van der Waals surface area contributed by atoms with Gasteiger partial charge < -0.3 is 19.1 Å². The molecule has 1 amide bonds. The van der Waals surface area contributed by atoms with Gasteiger partial charge in [-0.15, -0.1) is 0 Å². The fraction of sp³-hybridized carbons (Fsp3) is 0.391. The van der Waals surface area contributed by atoms with Gasteiger partial charge in [-0.1, -0.05) is 31.2 Å². The predicted molar refractivity (Wildman–Crippen MR) is 111 cm³/mol. The van der Waals surface area contributed by atoms with E-state index in [-0.39, 0.29) is 18.6 Å². The van der Waals surface area contributed by atoms with E-state index in [4.69, 9.17) is 14.2 Å². The Kier molecular flexibility index (Phi) is 8.07. The quantitative estimate of drug-likeness (QED) is 0.599. The van der Waals surface area contributed by atoms with Crippen LogP contribution in [0.5, 0.6) is 11.5 Å². The van der Waals surface area contributed by atoms with Crippen molar-refractivity contribution in [3.8, 4) is 11.5 Å². The van der Waals surface area contributed by atoms with Gasteiger partial charge in [0.2, 0.25) is 0 Å². The lowest BCUT2D eigenvalue weighted by atomic mass is 10.1. The first-order chi connectivity index (χ1) is 13.8. The van der Waals surface area contributed by atoms with Gasteiger partial charge in [0.1, 0.15) is 0 Å². The van der Waals surface area contributed by atoms with Crippen LogP contribution in [-0.2, 0) is 22.5 Å². The van der Waals surface area contributed by atoms with Crippen LogP contribution in [0.25, 0.3) is 0 Å². The zero-order valence-corrected chi connectivity index (χ0v) is 17.7. The summed E-state index contributed by atoms with van der Waals surface area (Å²) in [5, 5.41) is 0. The fourth-order valence-electron chi connectivity index (χ4n) is 2.71. The van der Waals surface area contributed by atoms with Crippen molar-refractivity contribution >= 4 is 11.9 Å². The van der Waals surface area contributed by atoms with Crippen LogP contribution in [0.1, 0.15) is 42.3 Å². The highest BCUT2D eigenvalue weighted by molar-refractivity contribution is 5.92. The Morgan fingerprint density at radius 1 is 1.00 bits per heavy atom. The van der Waals surface area contributed by atoms with Gasteiger partial charge in [0, 0.05) is 13.6 Å². The summed E-state index contributed by atoms with van der Waals surface area (Å²) >= 11 is 0. The molecule has 0 radical (unpaired) electrons. The molecule has 2 aromatic carbocycles. The molecule has 0 aliphatic carbocycles. The zero-order valence-electron chi connectivity index (χ0n) is 17.7. The third-order valence-electron chi connectivity index (χ3n) is 4.37. The highest BCUT2D eigenvalue weighted by atomic mass is 16.5. The highest BCUT2D eigenvalue weighted by Crippen LogP contribution is 2.29. The van der Waals surface area contributed by atoms with Crippen LogP contribution < -0.4 is 9.47 Å². The minimum atomic E-state index is -0.589. The van der Waals surface area contributed by atoms with Gasteiger partial charge in [0.05, 0.1) is 18.8 Å². The Balaban J connectivity index is 1.92. The van der Waals surface area contributed by atoms with Crippen molar-refractivity contribution in [1.82, 2.24) is 4.90 Å². The molecule has 0 fully saturated rings. The van der Waals surface area contributed by atoms with Crippen molar-refractivity contribution in [2.45, 2.75) is 39.8 Å². The van der Waals surface area contributed by atoms with E-state index in [1.165, 1.54) is 17.6 Å². The smallest absolute Gasteiger partial charge is 0.338 e. The van der Waals surface area contributed by atoms with Gasteiger partial charge in [0.15, 0.2) is 18.1 Å². The monoisotopic (exact) mass is 399 g/mol. The van der Waals surface area contributed by atoms with Crippen LogP contribution >= 0.6 is 0 Å². The summed E-state index contributed by atoms with van der Waals surface area (Å²) in [5.74, 6) is 0.120. The van der Waals surface area contributed by atoms with Crippen LogP contribution in [0.15, 0.2) is 42.5 Å². The third-order valence-corrected chi connectivity index (χ3v) is 4.37. The Morgan fingerprint density at radius 2 is 1.66 bits per heavy atom. The van der Waals surface area contributed by atoms with Crippen molar-refractivity contribution in [1.29, 1.82) is 0 Å². The lowest BCUT2D eigenvalue weighted by molar-refractivity contribution is -0.133.